The smallest absolute Gasteiger partial charge is 0.334 e. The Morgan fingerprint density at radius 3 is 2.36 bits per heavy atom. The fraction of sp³-hybridized carbons (Fsp3) is 1.00. The molecule has 0 unspecified atom stereocenters. The van der Waals surface area contributed by atoms with Gasteiger partial charge in [0.25, 0.3) is 0 Å². The molecule has 0 aliphatic heterocycles. The van der Waals surface area contributed by atoms with E-state index in [0.29, 0.717) is 18.0 Å². The van der Waals surface area contributed by atoms with Gasteiger partial charge in [-0.15, -0.1) is 0 Å². The van der Waals surface area contributed by atoms with E-state index in [1.807, 2.05) is 0 Å². The second-order valence-corrected chi connectivity index (χ2v) is 7.40. The molecule has 0 saturated heterocycles. The molecule has 0 aromatic rings. The summed E-state index contributed by atoms with van der Waals surface area (Å²) in [5, 5.41) is 3.23. The van der Waals surface area contributed by atoms with Crippen molar-refractivity contribution in [3.63, 3.8) is 0 Å². The van der Waals surface area contributed by atoms with Gasteiger partial charge in [-0.25, -0.2) is 0 Å². The maximum absolute atomic E-state index is 9.67. The zero-order chi connectivity index (χ0) is 11.0. The van der Waals surface area contributed by atoms with E-state index in [9.17, 15) is 9.59 Å². The first kappa shape index (κ1) is 14.1. The quantitative estimate of drug-likeness (QED) is 0.428. The van der Waals surface area contributed by atoms with Crippen LogP contribution in [-0.4, -0.2) is 31.2 Å². The first-order chi connectivity index (χ1) is 6.48. The third-order valence-electron chi connectivity index (χ3n) is 2.19. The summed E-state index contributed by atoms with van der Waals surface area (Å²) in [6, 6.07) is 1.17. The fourth-order valence-electron chi connectivity index (χ4n) is 1.26. The van der Waals surface area contributed by atoms with Crippen LogP contribution < -0.4 is 5.32 Å². The van der Waals surface area contributed by atoms with Crippen molar-refractivity contribution >= 4 is 8.56 Å². The molecule has 0 spiro atoms. The third-order valence-corrected chi connectivity index (χ3v) is 4.39. The number of rotatable bonds is 8. The van der Waals surface area contributed by atoms with E-state index in [1.54, 1.807) is 0 Å². The highest BCUT2D eigenvalue weighted by Crippen LogP contribution is 2.11. The second kappa shape index (κ2) is 7.40. The zero-order valence-corrected chi connectivity index (χ0v) is 10.7. The molecule has 0 saturated carbocycles. The Hall–Kier alpha value is 0.0969. The van der Waals surface area contributed by atoms with Gasteiger partial charge in [0.1, 0.15) is 0 Å². The molecular weight excluding hydrogens is 194 g/mol. The monoisotopic (exact) mass is 219 g/mol. The summed E-state index contributed by atoms with van der Waals surface area (Å²) < 4.78 is 0. The van der Waals surface area contributed by atoms with Crippen molar-refractivity contribution in [2.75, 3.05) is 13.1 Å². The van der Waals surface area contributed by atoms with Gasteiger partial charge in [0.2, 0.25) is 0 Å². The van der Waals surface area contributed by atoms with Crippen LogP contribution in [0.25, 0.3) is 0 Å². The Bertz CT molecular complexity index is 140. The summed E-state index contributed by atoms with van der Waals surface area (Å²) >= 11 is 0. The average molecular weight is 219 g/mol. The van der Waals surface area contributed by atoms with Gasteiger partial charge in [-0.2, -0.15) is 0 Å². The number of hydrogen-bond acceptors (Lipinski definition) is 3. The van der Waals surface area contributed by atoms with Crippen LogP contribution in [-0.2, 0) is 0 Å². The molecule has 14 heavy (non-hydrogen) atoms. The van der Waals surface area contributed by atoms with Crippen LogP contribution in [0.1, 0.15) is 33.6 Å². The van der Waals surface area contributed by atoms with Crippen LogP contribution >= 0.6 is 0 Å². The van der Waals surface area contributed by atoms with Crippen molar-refractivity contribution in [2.24, 2.45) is 5.92 Å². The van der Waals surface area contributed by atoms with Crippen molar-refractivity contribution in [2.45, 2.75) is 45.7 Å². The molecule has 86 valence electrons. The first-order valence-corrected chi connectivity index (χ1v) is 7.94. The van der Waals surface area contributed by atoms with E-state index in [2.05, 4.69) is 26.1 Å². The highest BCUT2D eigenvalue weighted by Gasteiger charge is 2.27. The lowest BCUT2D eigenvalue weighted by Gasteiger charge is -2.18. The van der Waals surface area contributed by atoms with Crippen LogP contribution in [0.3, 0.4) is 0 Å². The molecule has 3 N–H and O–H groups in total. The van der Waals surface area contributed by atoms with Crippen molar-refractivity contribution in [3.05, 3.63) is 0 Å². The Kier molecular flexibility index (Phi) is 7.45. The highest BCUT2D eigenvalue weighted by molar-refractivity contribution is 6.64. The lowest BCUT2D eigenvalue weighted by atomic mass is 10.2. The van der Waals surface area contributed by atoms with Gasteiger partial charge in [0.05, 0.1) is 0 Å². The normalized spacial score (nSPS) is 12.4. The van der Waals surface area contributed by atoms with E-state index >= 15 is 0 Å². The third kappa shape index (κ3) is 8.68. The Morgan fingerprint density at radius 2 is 1.86 bits per heavy atom. The van der Waals surface area contributed by atoms with Crippen molar-refractivity contribution in [1.29, 1.82) is 0 Å². The van der Waals surface area contributed by atoms with Crippen LogP contribution in [0.15, 0.2) is 0 Å². The van der Waals surface area contributed by atoms with Crippen molar-refractivity contribution in [3.8, 4) is 0 Å². The van der Waals surface area contributed by atoms with E-state index < -0.39 is 8.56 Å². The summed E-state index contributed by atoms with van der Waals surface area (Å²) in [5.41, 5.74) is 0. The first-order valence-electron chi connectivity index (χ1n) is 5.63. The number of unbranched alkanes of at least 4 members (excludes halogenated alkanes) is 1. The summed E-state index contributed by atoms with van der Waals surface area (Å²) in [5.74, 6) is 0.624. The van der Waals surface area contributed by atoms with Gasteiger partial charge in [-0.1, -0.05) is 33.6 Å². The second-order valence-electron chi connectivity index (χ2n) is 4.43. The molecule has 0 aliphatic carbocycles. The van der Waals surface area contributed by atoms with Gasteiger partial charge >= 0.3 is 8.56 Å². The summed E-state index contributed by atoms with van der Waals surface area (Å²) in [6.45, 7) is 8.06. The molecule has 0 radical (unpaired) electrons. The minimum atomic E-state index is -2.86. The largest absolute Gasteiger partial charge is 0.411 e. The lowest BCUT2D eigenvalue weighted by Crippen LogP contribution is -2.38. The SMILES string of the molecule is CCCC[Si](O)(O)CCNCC(C)C. The molecule has 0 aliphatic rings. The summed E-state index contributed by atoms with van der Waals surface area (Å²) in [4.78, 5) is 19.3. The lowest BCUT2D eigenvalue weighted by molar-refractivity contribution is 0.352. The van der Waals surface area contributed by atoms with Crippen molar-refractivity contribution < 1.29 is 9.59 Å². The van der Waals surface area contributed by atoms with E-state index in [-0.39, 0.29) is 0 Å². The number of hydrogen-bond donors (Lipinski definition) is 3. The fourth-order valence-corrected chi connectivity index (χ4v) is 3.01. The molecule has 0 aromatic heterocycles. The minimum Gasteiger partial charge on any atom is -0.411 e. The molecule has 0 atom stereocenters. The molecular formula is C10H25NO2Si. The van der Waals surface area contributed by atoms with Gasteiger partial charge in [0, 0.05) is 6.04 Å². The molecule has 3 nitrogen and oxygen atoms in total. The molecule has 0 aromatic carbocycles. The molecule has 0 bridgehead atoms. The van der Waals surface area contributed by atoms with Gasteiger partial charge in [-0.3, -0.25) is 0 Å². The molecule has 4 heteroatoms. The predicted octanol–water partition coefficient (Wildman–Crippen LogP) is 1.46. The molecule has 0 amide bonds. The van der Waals surface area contributed by atoms with E-state index in [1.165, 1.54) is 0 Å². The number of nitrogens with one attached hydrogen (secondary N) is 1. The standard InChI is InChI=1S/C10H25NO2Si/c1-4-5-7-14(12,13)8-6-11-9-10(2)3/h10-13H,4-9H2,1-3H3. The average Bonchev–Trinajstić information content (AvgIpc) is 2.09. The zero-order valence-electron chi connectivity index (χ0n) is 9.71. The van der Waals surface area contributed by atoms with E-state index in [0.717, 1.165) is 25.9 Å². The highest BCUT2D eigenvalue weighted by atomic mass is 28.4. The topological polar surface area (TPSA) is 52.5 Å². The maximum Gasteiger partial charge on any atom is 0.334 e. The van der Waals surface area contributed by atoms with E-state index in [4.69, 9.17) is 0 Å². The maximum atomic E-state index is 9.67. The van der Waals surface area contributed by atoms with Gasteiger partial charge < -0.3 is 14.9 Å². The minimum absolute atomic E-state index is 0.555. The van der Waals surface area contributed by atoms with Crippen molar-refractivity contribution in [1.82, 2.24) is 5.32 Å². The van der Waals surface area contributed by atoms with Crippen LogP contribution in [0.4, 0.5) is 0 Å². The van der Waals surface area contributed by atoms with Gasteiger partial charge in [0.15, 0.2) is 0 Å². The van der Waals surface area contributed by atoms with Crippen LogP contribution in [0, 0.1) is 5.92 Å². The van der Waals surface area contributed by atoms with Crippen LogP contribution in [0.5, 0.6) is 0 Å². The Labute approximate surface area is 88.8 Å². The molecule has 0 fully saturated rings. The Morgan fingerprint density at radius 1 is 1.21 bits per heavy atom. The molecule has 0 heterocycles. The predicted molar refractivity (Wildman–Crippen MR) is 62.4 cm³/mol. The van der Waals surface area contributed by atoms with Gasteiger partial charge in [-0.05, 0) is 25.1 Å². The summed E-state index contributed by atoms with van der Waals surface area (Å²) in [6.07, 6.45) is 1.97. The Balaban J connectivity index is 3.44. The van der Waals surface area contributed by atoms with Crippen LogP contribution in [0.2, 0.25) is 12.1 Å². The molecule has 0 rings (SSSR count). The summed E-state index contributed by atoms with van der Waals surface area (Å²) in [7, 11) is -2.86.